The van der Waals surface area contributed by atoms with Crippen molar-refractivity contribution in [3.63, 3.8) is 0 Å². The molecule has 0 unspecified atom stereocenters. The van der Waals surface area contributed by atoms with Crippen LogP contribution in [-0.4, -0.2) is 133 Å². The van der Waals surface area contributed by atoms with Crippen LogP contribution in [0.2, 0.25) is 0 Å². The summed E-state index contributed by atoms with van der Waals surface area (Å²) in [7, 11) is 12.3. The average Bonchev–Trinajstić information content (AvgIpc) is 3.86. The summed E-state index contributed by atoms with van der Waals surface area (Å²) in [5.74, 6) is 0.706. The van der Waals surface area contributed by atoms with E-state index >= 15 is 0 Å². The summed E-state index contributed by atoms with van der Waals surface area (Å²) in [4.78, 5) is 8.11. The molecule has 4 aromatic rings. The smallest absolute Gasteiger partial charge is 1.00 e. The number of likely N-dealkylation sites (N-methyl/N-ethyl adjacent to an activating group) is 2. The average molecular weight is 902 g/mol. The first-order valence-electron chi connectivity index (χ1n) is 20.6. The summed E-state index contributed by atoms with van der Waals surface area (Å²) in [5.41, 5.74) is 4.83. The van der Waals surface area contributed by atoms with Gasteiger partial charge in [-0.25, -0.2) is 0 Å². The molecule has 0 saturated heterocycles. The molecule has 0 radical (unpaired) electrons. The molecule has 0 amide bonds. The number of aliphatic hydroxyl groups is 2. The topological polar surface area (TPSA) is 120 Å². The van der Waals surface area contributed by atoms with E-state index in [1.54, 1.807) is 6.07 Å². The number of fused-ring (bicyclic) bond motifs is 2. The van der Waals surface area contributed by atoms with Gasteiger partial charge < -0.3 is 47.3 Å². The second-order valence-corrected chi connectivity index (χ2v) is 19.2. The Hall–Kier alpha value is -0.914. The van der Waals surface area contributed by atoms with Crippen molar-refractivity contribution in [2.75, 3.05) is 81.7 Å². The van der Waals surface area contributed by atoms with E-state index in [2.05, 4.69) is 113 Å². The van der Waals surface area contributed by atoms with E-state index in [1.165, 1.54) is 39.3 Å². The molecule has 0 saturated carbocycles. The number of quaternary nitrogens is 2. The van der Waals surface area contributed by atoms with Crippen LogP contribution in [0.3, 0.4) is 0 Å². The van der Waals surface area contributed by atoms with Crippen molar-refractivity contribution < 1.29 is 98.7 Å². The minimum atomic E-state index is 0. The number of thiophene rings is 2. The summed E-state index contributed by atoms with van der Waals surface area (Å²) < 4.78 is 1.69. The van der Waals surface area contributed by atoms with Gasteiger partial charge in [-0.3, -0.25) is 9.80 Å². The molecular formula is C46H74ClKN4O5S2. The third kappa shape index (κ3) is 21.8. The number of halogens is 1. The molecule has 0 aliphatic heterocycles. The summed E-state index contributed by atoms with van der Waals surface area (Å²) in [5, 5.41) is 43.0. The van der Waals surface area contributed by atoms with Crippen LogP contribution in [-0.2, 0) is 38.8 Å². The maximum atomic E-state index is 11.9. The number of hydrogen-bond acceptors (Lipinski definition) is 9. The minimum absolute atomic E-state index is 0. The van der Waals surface area contributed by atoms with Gasteiger partial charge in [0, 0.05) is 34.9 Å². The summed E-state index contributed by atoms with van der Waals surface area (Å²) in [6.07, 6.45) is 8.65. The molecule has 59 heavy (non-hydrogen) atoms. The van der Waals surface area contributed by atoms with Gasteiger partial charge in [0.2, 0.25) is 0 Å². The Morgan fingerprint density at radius 2 is 1.08 bits per heavy atom. The normalized spacial score (nSPS) is 15.6. The molecule has 2 heterocycles. The van der Waals surface area contributed by atoms with Crippen LogP contribution in [0.1, 0.15) is 71.5 Å². The molecule has 6 rings (SSSR count). The van der Waals surface area contributed by atoms with Gasteiger partial charge in [-0.2, -0.15) is 0 Å². The third-order valence-corrected chi connectivity index (χ3v) is 12.0. The van der Waals surface area contributed by atoms with E-state index in [4.69, 9.17) is 10.2 Å². The van der Waals surface area contributed by atoms with Crippen molar-refractivity contribution in [2.24, 2.45) is 0 Å². The fraction of sp³-hybridized carbons (Fsp3) is 0.565. The first-order valence-corrected chi connectivity index (χ1v) is 22.4. The molecule has 2 aromatic heterocycles. The van der Waals surface area contributed by atoms with Gasteiger partial charge in [0.25, 0.3) is 0 Å². The molecule has 0 bridgehead atoms. The molecule has 13 heteroatoms. The Balaban J connectivity index is 0.000000836. The molecule has 2 aliphatic carbocycles. The molecule has 2 aromatic carbocycles. The van der Waals surface area contributed by atoms with Crippen LogP contribution in [0.15, 0.2) is 71.4 Å². The van der Waals surface area contributed by atoms with Gasteiger partial charge in [-0.15, -0.1) is 28.4 Å². The van der Waals surface area contributed by atoms with E-state index in [0.29, 0.717) is 17.8 Å². The monoisotopic (exact) mass is 900 g/mol. The fourth-order valence-electron chi connectivity index (χ4n) is 7.31. The van der Waals surface area contributed by atoms with Crippen LogP contribution >= 0.6 is 22.7 Å². The first-order chi connectivity index (χ1) is 26.7. The van der Waals surface area contributed by atoms with Crippen molar-refractivity contribution in [1.29, 1.82) is 0 Å². The second kappa shape index (κ2) is 30.2. The van der Waals surface area contributed by atoms with Crippen molar-refractivity contribution in [2.45, 2.75) is 90.4 Å². The van der Waals surface area contributed by atoms with Gasteiger partial charge in [0.1, 0.15) is 18.8 Å². The summed E-state index contributed by atoms with van der Waals surface area (Å²) in [6, 6.07) is 21.6. The second-order valence-electron chi connectivity index (χ2n) is 17.2. The van der Waals surface area contributed by atoms with Gasteiger partial charge in [0.15, 0.2) is 0 Å². The van der Waals surface area contributed by atoms with Crippen molar-refractivity contribution in [3.8, 4) is 11.5 Å². The predicted octanol–water partition coefficient (Wildman–Crippen LogP) is 1.02. The quantitative estimate of drug-likeness (QED) is 0.128. The molecule has 4 N–H and O–H groups in total. The van der Waals surface area contributed by atoms with Crippen LogP contribution in [0.25, 0.3) is 0 Å². The predicted molar refractivity (Wildman–Crippen MR) is 238 cm³/mol. The van der Waals surface area contributed by atoms with Gasteiger partial charge >= 0.3 is 51.4 Å². The minimum Gasteiger partial charge on any atom is -1.00 e. The van der Waals surface area contributed by atoms with E-state index in [-0.39, 0.29) is 88.2 Å². The zero-order valence-corrected chi connectivity index (χ0v) is 43.1. The van der Waals surface area contributed by atoms with Crippen LogP contribution in [0.5, 0.6) is 11.5 Å². The van der Waals surface area contributed by atoms with Crippen molar-refractivity contribution >= 4 is 22.7 Å². The van der Waals surface area contributed by atoms with E-state index in [0.717, 1.165) is 92.3 Å². The van der Waals surface area contributed by atoms with Gasteiger partial charge in [-0.1, -0.05) is 61.9 Å². The van der Waals surface area contributed by atoms with Crippen molar-refractivity contribution in [3.05, 3.63) is 103 Å². The molecule has 2 atom stereocenters. The number of nitrogens with zero attached hydrogens (tertiary/aromatic N) is 4. The summed E-state index contributed by atoms with van der Waals surface area (Å²) >= 11 is 3.68. The maximum absolute atomic E-state index is 11.9. The van der Waals surface area contributed by atoms with E-state index in [9.17, 15) is 10.2 Å². The van der Waals surface area contributed by atoms with Crippen molar-refractivity contribution in [1.82, 2.24) is 9.80 Å². The van der Waals surface area contributed by atoms with Crippen LogP contribution < -0.4 is 68.9 Å². The van der Waals surface area contributed by atoms with Gasteiger partial charge in [0.05, 0.1) is 55.5 Å². The van der Waals surface area contributed by atoms with E-state index < -0.39 is 0 Å². The van der Waals surface area contributed by atoms with Crippen LogP contribution in [0, 0.1) is 0 Å². The Morgan fingerprint density at radius 1 is 0.661 bits per heavy atom. The molecule has 9 nitrogen and oxygen atoms in total. The standard InChI is InChI=1S/2C18H23NOS.2C5H14NO.ClH.K.H2O/c2*1-2-10-19(13-16-6-4-11-21-16)15-8-9-17-14(12-15)5-3-7-18(17)20;2*1-6(2,3)4-5-7;;;/h2*3-7,11,15,20H,2,8-10,12-13H2,1H3;2*7H,4-5H2,1-3H3;1H;;1H2/q;;2*+1;;+1;/p-3/t2*15-;;;;;/m00...../s1. The Morgan fingerprint density at radius 3 is 1.46 bits per heavy atom. The first kappa shape index (κ1) is 58.1. The number of rotatable bonds is 14. The van der Waals surface area contributed by atoms with E-state index in [1.807, 2.05) is 40.9 Å². The zero-order chi connectivity index (χ0) is 41.1. The molecule has 328 valence electrons. The number of aromatic hydroxyl groups is 1. The largest absolute Gasteiger partial charge is 1.00 e. The SMILES string of the molecule is CCCN(Cc1cccs1)[C@H]1CCc2c(O)cccc2C1.CCCN(Cc1cccs1)[C@H]1CCc2c([O-])cccc2C1.C[N+](C)(C)CCO.C[N+](C)(C)CCO.[Cl-].[K+].[OH-]. The zero-order valence-electron chi connectivity index (χ0n) is 37.6. The molecular weight excluding hydrogens is 827 g/mol. The van der Waals surface area contributed by atoms with Crippen LogP contribution in [0.4, 0.5) is 0 Å². The Labute approximate surface area is 414 Å². The number of hydrogen-bond donors (Lipinski definition) is 3. The number of phenols is 1. The third-order valence-electron chi connectivity index (χ3n) is 10.3. The Kier molecular flexibility index (Phi) is 29.8. The number of aliphatic hydroxyl groups excluding tert-OH is 2. The Bertz CT molecular complexity index is 1530. The molecule has 2 aliphatic rings. The fourth-order valence-corrected chi connectivity index (χ4v) is 8.76. The summed E-state index contributed by atoms with van der Waals surface area (Å²) in [6.45, 7) is 11.1. The molecule has 0 fully saturated rings. The number of phenolic OH excluding ortho intramolecular Hbond substituents is 1. The maximum Gasteiger partial charge on any atom is 1.00 e. The van der Waals surface area contributed by atoms with Gasteiger partial charge in [-0.05, 0) is 110 Å². The number of benzene rings is 2. The molecule has 0 spiro atoms.